The third-order valence-corrected chi connectivity index (χ3v) is 3.67. The van der Waals surface area contributed by atoms with Gasteiger partial charge in [-0.1, -0.05) is 0 Å². The average molecular weight is 276 g/mol. The summed E-state index contributed by atoms with van der Waals surface area (Å²) in [6, 6.07) is 0. The molecule has 1 unspecified atom stereocenters. The Balaban J connectivity index is 2.06. The number of carbonyl (C=O) groups excluding carboxylic acids is 1. The lowest BCUT2D eigenvalue weighted by Gasteiger charge is -2.24. The van der Waals surface area contributed by atoms with Gasteiger partial charge < -0.3 is 10.2 Å². The molecule has 5 nitrogen and oxygen atoms in total. The van der Waals surface area contributed by atoms with Crippen LogP contribution in [0.25, 0.3) is 0 Å². The van der Waals surface area contributed by atoms with Crippen molar-refractivity contribution in [2.75, 3.05) is 18.0 Å². The van der Waals surface area contributed by atoms with Gasteiger partial charge in [-0.25, -0.2) is 9.97 Å². The number of anilines is 1. The van der Waals surface area contributed by atoms with Crippen LogP contribution in [0.5, 0.6) is 0 Å². The van der Waals surface area contributed by atoms with E-state index in [4.69, 9.17) is 0 Å². The van der Waals surface area contributed by atoms with E-state index in [2.05, 4.69) is 20.2 Å². The molecule has 2 heterocycles. The summed E-state index contributed by atoms with van der Waals surface area (Å²) in [6.07, 6.45) is 2.48. The maximum absolute atomic E-state index is 12.2. The predicted molar refractivity (Wildman–Crippen MR) is 79.7 cm³/mol. The highest BCUT2D eigenvalue weighted by molar-refractivity contribution is 5.80. The van der Waals surface area contributed by atoms with Gasteiger partial charge in [-0.3, -0.25) is 4.79 Å². The van der Waals surface area contributed by atoms with Crippen LogP contribution in [-0.4, -0.2) is 34.5 Å². The maximum Gasteiger partial charge on any atom is 0.225 e. The van der Waals surface area contributed by atoms with Gasteiger partial charge in [-0.15, -0.1) is 0 Å². The number of aromatic nitrogens is 2. The zero-order chi connectivity index (χ0) is 14.9. The molecule has 1 fully saturated rings. The third-order valence-electron chi connectivity index (χ3n) is 3.67. The van der Waals surface area contributed by atoms with Gasteiger partial charge in [0.25, 0.3) is 0 Å². The van der Waals surface area contributed by atoms with Gasteiger partial charge in [0.15, 0.2) is 0 Å². The number of amides is 1. The Labute approximate surface area is 120 Å². The summed E-state index contributed by atoms with van der Waals surface area (Å²) in [5, 5.41) is 3.06. The normalized spacial score (nSPS) is 19.2. The van der Waals surface area contributed by atoms with Crippen molar-refractivity contribution in [2.45, 2.75) is 46.6 Å². The zero-order valence-corrected chi connectivity index (χ0v) is 13.0. The standard InChI is InChI=1S/C15H24N4O/c1-10-11(2)16-9-17-13(10)19-7-6-12(8-19)14(20)18-15(3,4)5/h9,12H,6-8H2,1-5H3,(H,18,20). The van der Waals surface area contributed by atoms with Crippen molar-refractivity contribution >= 4 is 11.7 Å². The van der Waals surface area contributed by atoms with E-state index in [-0.39, 0.29) is 17.4 Å². The largest absolute Gasteiger partial charge is 0.355 e. The van der Waals surface area contributed by atoms with Crippen LogP contribution in [0.2, 0.25) is 0 Å². The monoisotopic (exact) mass is 276 g/mol. The van der Waals surface area contributed by atoms with Crippen molar-refractivity contribution < 1.29 is 4.79 Å². The smallest absolute Gasteiger partial charge is 0.225 e. The molecule has 2 rings (SSSR count). The van der Waals surface area contributed by atoms with Gasteiger partial charge >= 0.3 is 0 Å². The molecule has 1 aromatic heterocycles. The van der Waals surface area contributed by atoms with Crippen LogP contribution in [0.1, 0.15) is 38.4 Å². The fourth-order valence-electron chi connectivity index (χ4n) is 2.48. The molecule has 1 aliphatic heterocycles. The molecule has 0 aliphatic carbocycles. The molecular formula is C15H24N4O. The number of aryl methyl sites for hydroxylation is 1. The van der Waals surface area contributed by atoms with E-state index >= 15 is 0 Å². The molecule has 1 N–H and O–H groups in total. The van der Waals surface area contributed by atoms with Crippen LogP contribution in [0.3, 0.4) is 0 Å². The Morgan fingerprint density at radius 1 is 1.35 bits per heavy atom. The van der Waals surface area contributed by atoms with Gasteiger partial charge in [0.05, 0.1) is 5.92 Å². The van der Waals surface area contributed by atoms with Crippen LogP contribution >= 0.6 is 0 Å². The second kappa shape index (κ2) is 5.38. The van der Waals surface area contributed by atoms with E-state index in [9.17, 15) is 4.79 Å². The molecule has 1 amide bonds. The molecule has 1 saturated heterocycles. The summed E-state index contributed by atoms with van der Waals surface area (Å²) in [5.74, 6) is 1.15. The van der Waals surface area contributed by atoms with E-state index < -0.39 is 0 Å². The Morgan fingerprint density at radius 3 is 2.70 bits per heavy atom. The van der Waals surface area contributed by atoms with E-state index in [1.54, 1.807) is 6.33 Å². The molecule has 0 aromatic carbocycles. The number of hydrogen-bond donors (Lipinski definition) is 1. The van der Waals surface area contributed by atoms with Crippen LogP contribution in [0.4, 0.5) is 5.82 Å². The number of hydrogen-bond acceptors (Lipinski definition) is 4. The fourth-order valence-corrected chi connectivity index (χ4v) is 2.48. The summed E-state index contributed by atoms with van der Waals surface area (Å²) in [5.41, 5.74) is 1.92. The lowest BCUT2D eigenvalue weighted by atomic mass is 10.0. The van der Waals surface area contributed by atoms with Gasteiger partial charge in [-0.05, 0) is 41.0 Å². The van der Waals surface area contributed by atoms with Crippen LogP contribution in [-0.2, 0) is 4.79 Å². The summed E-state index contributed by atoms with van der Waals surface area (Å²) in [4.78, 5) is 23.0. The average Bonchev–Trinajstić information content (AvgIpc) is 2.80. The second-order valence-electron chi connectivity index (χ2n) is 6.58. The van der Waals surface area contributed by atoms with Crippen molar-refractivity contribution in [2.24, 2.45) is 5.92 Å². The molecule has 1 atom stereocenters. The second-order valence-corrected chi connectivity index (χ2v) is 6.58. The zero-order valence-electron chi connectivity index (χ0n) is 13.0. The molecule has 1 aromatic rings. The van der Waals surface area contributed by atoms with Gasteiger partial charge in [0.1, 0.15) is 12.1 Å². The number of nitrogens with zero attached hydrogens (tertiary/aromatic N) is 3. The lowest BCUT2D eigenvalue weighted by Crippen LogP contribution is -2.44. The quantitative estimate of drug-likeness (QED) is 0.895. The Morgan fingerprint density at radius 2 is 2.05 bits per heavy atom. The molecule has 0 saturated carbocycles. The molecular weight excluding hydrogens is 252 g/mol. The van der Waals surface area contributed by atoms with Crippen LogP contribution in [0, 0.1) is 19.8 Å². The first-order valence-corrected chi connectivity index (χ1v) is 7.13. The SMILES string of the molecule is Cc1ncnc(N2CCC(C(=O)NC(C)(C)C)C2)c1C. The van der Waals surface area contributed by atoms with E-state index in [1.807, 2.05) is 34.6 Å². The minimum Gasteiger partial charge on any atom is -0.355 e. The Bertz CT molecular complexity index is 507. The summed E-state index contributed by atoms with van der Waals surface area (Å²) in [7, 11) is 0. The highest BCUT2D eigenvalue weighted by Crippen LogP contribution is 2.26. The highest BCUT2D eigenvalue weighted by atomic mass is 16.2. The Kier molecular flexibility index (Phi) is 3.97. The Hall–Kier alpha value is -1.65. The fraction of sp³-hybridized carbons (Fsp3) is 0.667. The first-order valence-electron chi connectivity index (χ1n) is 7.13. The minimum absolute atomic E-state index is 0.0453. The third kappa shape index (κ3) is 3.26. The molecule has 5 heteroatoms. The van der Waals surface area contributed by atoms with E-state index in [1.165, 1.54) is 0 Å². The highest BCUT2D eigenvalue weighted by Gasteiger charge is 2.31. The molecule has 0 bridgehead atoms. The number of rotatable bonds is 2. The minimum atomic E-state index is -0.175. The topological polar surface area (TPSA) is 58.1 Å². The lowest BCUT2D eigenvalue weighted by molar-refractivity contribution is -0.125. The van der Waals surface area contributed by atoms with Gasteiger partial charge in [0, 0.05) is 29.9 Å². The molecule has 110 valence electrons. The van der Waals surface area contributed by atoms with Crippen LogP contribution < -0.4 is 10.2 Å². The summed E-state index contributed by atoms with van der Waals surface area (Å²) in [6.45, 7) is 11.7. The molecule has 0 radical (unpaired) electrons. The van der Waals surface area contributed by atoms with Crippen molar-refractivity contribution in [3.05, 3.63) is 17.6 Å². The van der Waals surface area contributed by atoms with Crippen LogP contribution in [0.15, 0.2) is 6.33 Å². The van der Waals surface area contributed by atoms with Crippen molar-refractivity contribution in [3.8, 4) is 0 Å². The van der Waals surface area contributed by atoms with E-state index in [0.717, 1.165) is 36.6 Å². The molecule has 20 heavy (non-hydrogen) atoms. The summed E-state index contributed by atoms with van der Waals surface area (Å²) < 4.78 is 0. The van der Waals surface area contributed by atoms with E-state index in [0.29, 0.717) is 0 Å². The van der Waals surface area contributed by atoms with Gasteiger partial charge in [0.2, 0.25) is 5.91 Å². The molecule has 1 aliphatic rings. The van der Waals surface area contributed by atoms with Crippen molar-refractivity contribution in [1.82, 2.24) is 15.3 Å². The number of nitrogens with one attached hydrogen (secondary N) is 1. The first kappa shape index (κ1) is 14.8. The first-order chi connectivity index (χ1) is 9.28. The van der Waals surface area contributed by atoms with Gasteiger partial charge in [-0.2, -0.15) is 0 Å². The van der Waals surface area contributed by atoms with Crippen molar-refractivity contribution in [1.29, 1.82) is 0 Å². The predicted octanol–water partition coefficient (Wildman–Crippen LogP) is 1.83. The number of carbonyl (C=O) groups is 1. The van der Waals surface area contributed by atoms with Crippen molar-refractivity contribution in [3.63, 3.8) is 0 Å². The summed E-state index contributed by atoms with van der Waals surface area (Å²) >= 11 is 0. The molecule has 0 spiro atoms. The maximum atomic E-state index is 12.2.